The summed E-state index contributed by atoms with van der Waals surface area (Å²) in [5.74, 6) is 0.744. The maximum absolute atomic E-state index is 12.4. The second-order valence-corrected chi connectivity index (χ2v) is 8.47. The van der Waals surface area contributed by atoms with Crippen molar-refractivity contribution in [2.24, 2.45) is 7.05 Å². The molecule has 0 aromatic carbocycles. The van der Waals surface area contributed by atoms with E-state index in [-0.39, 0.29) is 17.6 Å². The van der Waals surface area contributed by atoms with Crippen LogP contribution in [0, 0.1) is 6.92 Å². The van der Waals surface area contributed by atoms with E-state index in [1.807, 2.05) is 39.3 Å². The largest absolute Gasteiger partial charge is 0.462 e. The number of carbonyl (C=O) groups excluding carboxylic acids is 2. The molecular formula is C18H26N4O3S2. The van der Waals surface area contributed by atoms with Crippen molar-refractivity contribution in [2.75, 3.05) is 17.7 Å². The molecule has 0 saturated heterocycles. The molecule has 0 bridgehead atoms. The Hall–Kier alpha value is -1.87. The van der Waals surface area contributed by atoms with Crippen molar-refractivity contribution in [3.8, 4) is 0 Å². The minimum atomic E-state index is -0.392. The molecule has 0 spiro atoms. The van der Waals surface area contributed by atoms with Crippen LogP contribution < -0.4 is 5.32 Å². The predicted octanol–water partition coefficient (Wildman–Crippen LogP) is 3.78. The van der Waals surface area contributed by atoms with Crippen LogP contribution in [0.4, 0.5) is 5.00 Å². The fourth-order valence-electron chi connectivity index (χ4n) is 2.76. The number of thioether (sulfide) groups is 1. The van der Waals surface area contributed by atoms with Gasteiger partial charge >= 0.3 is 5.97 Å². The Balaban J connectivity index is 2.11. The molecule has 0 unspecified atom stereocenters. The molecule has 0 saturated carbocycles. The molecule has 0 atom stereocenters. The average molecular weight is 411 g/mol. The van der Waals surface area contributed by atoms with Crippen LogP contribution >= 0.6 is 23.1 Å². The second-order valence-electron chi connectivity index (χ2n) is 6.31. The van der Waals surface area contributed by atoms with Crippen LogP contribution in [-0.4, -0.2) is 39.0 Å². The number of aryl methyl sites for hydroxylation is 1. The Kier molecular flexibility index (Phi) is 7.43. The third kappa shape index (κ3) is 4.90. The lowest BCUT2D eigenvalue weighted by atomic mass is 10.1. The number of esters is 1. The van der Waals surface area contributed by atoms with Crippen LogP contribution in [0.1, 0.15) is 60.2 Å². The SMILES string of the molecule is CCOC(=O)c1c(NC(=O)CSc2nnc(C(C)C)n2C)sc(C)c1CC. The van der Waals surface area contributed by atoms with E-state index in [1.54, 1.807) is 6.92 Å². The first-order chi connectivity index (χ1) is 12.8. The summed E-state index contributed by atoms with van der Waals surface area (Å²) in [6, 6.07) is 0. The number of hydrogen-bond donors (Lipinski definition) is 1. The van der Waals surface area contributed by atoms with Crippen LogP contribution in [0.5, 0.6) is 0 Å². The van der Waals surface area contributed by atoms with Crippen molar-refractivity contribution in [2.45, 2.75) is 52.1 Å². The fourth-order valence-corrected chi connectivity index (χ4v) is 4.63. The van der Waals surface area contributed by atoms with Gasteiger partial charge in [-0.25, -0.2) is 4.79 Å². The van der Waals surface area contributed by atoms with Crippen molar-refractivity contribution in [1.29, 1.82) is 0 Å². The Morgan fingerprint density at radius 3 is 2.56 bits per heavy atom. The summed E-state index contributed by atoms with van der Waals surface area (Å²) in [6.45, 7) is 10.1. The van der Waals surface area contributed by atoms with E-state index in [0.29, 0.717) is 28.7 Å². The highest BCUT2D eigenvalue weighted by molar-refractivity contribution is 7.99. The smallest absolute Gasteiger partial charge is 0.341 e. The van der Waals surface area contributed by atoms with Crippen molar-refractivity contribution < 1.29 is 14.3 Å². The first kappa shape index (κ1) is 21.4. The van der Waals surface area contributed by atoms with Crippen LogP contribution in [-0.2, 0) is 23.0 Å². The second kappa shape index (κ2) is 9.36. The molecule has 2 rings (SSSR count). The van der Waals surface area contributed by atoms with Gasteiger partial charge in [-0.3, -0.25) is 4.79 Å². The molecule has 27 heavy (non-hydrogen) atoms. The van der Waals surface area contributed by atoms with Crippen molar-refractivity contribution in [1.82, 2.24) is 14.8 Å². The molecule has 0 aliphatic heterocycles. The molecule has 0 aliphatic carbocycles. The Bertz CT molecular complexity index is 827. The molecule has 0 radical (unpaired) electrons. The summed E-state index contributed by atoms with van der Waals surface area (Å²) in [5, 5.41) is 12.4. The van der Waals surface area contributed by atoms with Crippen LogP contribution in [0.2, 0.25) is 0 Å². The van der Waals surface area contributed by atoms with Gasteiger partial charge in [0.25, 0.3) is 0 Å². The molecular weight excluding hydrogens is 384 g/mol. The van der Waals surface area contributed by atoms with E-state index in [0.717, 1.165) is 16.3 Å². The first-order valence-electron chi connectivity index (χ1n) is 8.91. The monoisotopic (exact) mass is 410 g/mol. The van der Waals surface area contributed by atoms with Gasteiger partial charge < -0.3 is 14.6 Å². The third-order valence-corrected chi connectivity index (χ3v) is 6.10. The first-order valence-corrected chi connectivity index (χ1v) is 10.7. The zero-order valence-electron chi connectivity index (χ0n) is 16.6. The minimum Gasteiger partial charge on any atom is -0.462 e. The summed E-state index contributed by atoms with van der Waals surface area (Å²) < 4.78 is 7.07. The van der Waals surface area contributed by atoms with Crippen LogP contribution in [0.3, 0.4) is 0 Å². The van der Waals surface area contributed by atoms with Gasteiger partial charge in [-0.2, -0.15) is 0 Å². The Labute approximate surface area is 167 Å². The van der Waals surface area contributed by atoms with Crippen LogP contribution in [0.25, 0.3) is 0 Å². The molecule has 2 heterocycles. The zero-order valence-corrected chi connectivity index (χ0v) is 18.2. The zero-order chi connectivity index (χ0) is 20.1. The quantitative estimate of drug-likeness (QED) is 0.526. The number of nitrogens with zero attached hydrogens (tertiary/aromatic N) is 3. The van der Waals surface area contributed by atoms with Gasteiger partial charge in [0.1, 0.15) is 10.8 Å². The molecule has 2 aromatic heterocycles. The Morgan fingerprint density at radius 2 is 2.00 bits per heavy atom. The highest BCUT2D eigenvalue weighted by atomic mass is 32.2. The van der Waals surface area contributed by atoms with E-state index in [4.69, 9.17) is 4.74 Å². The summed E-state index contributed by atoms with van der Waals surface area (Å²) >= 11 is 2.73. The lowest BCUT2D eigenvalue weighted by molar-refractivity contribution is -0.113. The molecule has 1 amide bonds. The highest BCUT2D eigenvalue weighted by Crippen LogP contribution is 2.34. The average Bonchev–Trinajstić information content (AvgIpc) is 3.12. The lowest BCUT2D eigenvalue weighted by Crippen LogP contribution is -2.17. The fraction of sp³-hybridized carbons (Fsp3) is 0.556. The van der Waals surface area contributed by atoms with Gasteiger partial charge in [-0.05, 0) is 25.8 Å². The maximum atomic E-state index is 12.4. The Morgan fingerprint density at radius 1 is 1.30 bits per heavy atom. The number of carbonyl (C=O) groups is 2. The van der Waals surface area contributed by atoms with Gasteiger partial charge in [-0.1, -0.05) is 32.5 Å². The molecule has 148 valence electrons. The molecule has 2 aromatic rings. The summed E-state index contributed by atoms with van der Waals surface area (Å²) in [7, 11) is 1.89. The van der Waals surface area contributed by atoms with Crippen LogP contribution in [0.15, 0.2) is 5.16 Å². The van der Waals surface area contributed by atoms with Gasteiger partial charge in [0.2, 0.25) is 5.91 Å². The number of amides is 1. The number of rotatable bonds is 8. The van der Waals surface area contributed by atoms with Gasteiger partial charge in [0.05, 0.1) is 17.9 Å². The molecule has 0 fully saturated rings. The van der Waals surface area contributed by atoms with Gasteiger partial charge in [0.15, 0.2) is 5.16 Å². The lowest BCUT2D eigenvalue weighted by Gasteiger charge is -2.08. The summed E-state index contributed by atoms with van der Waals surface area (Å²) in [4.78, 5) is 25.8. The molecule has 7 nitrogen and oxygen atoms in total. The topological polar surface area (TPSA) is 86.1 Å². The van der Waals surface area contributed by atoms with E-state index >= 15 is 0 Å². The molecule has 9 heteroatoms. The maximum Gasteiger partial charge on any atom is 0.341 e. The number of hydrogen-bond acceptors (Lipinski definition) is 7. The van der Waals surface area contributed by atoms with Crippen molar-refractivity contribution in [3.05, 3.63) is 21.8 Å². The number of thiophene rings is 1. The third-order valence-electron chi connectivity index (χ3n) is 4.01. The minimum absolute atomic E-state index is 0.185. The number of nitrogens with one attached hydrogen (secondary N) is 1. The predicted molar refractivity (Wildman–Crippen MR) is 109 cm³/mol. The van der Waals surface area contributed by atoms with Gasteiger partial charge in [0, 0.05) is 17.8 Å². The normalized spacial score (nSPS) is 11.1. The van der Waals surface area contributed by atoms with E-state index < -0.39 is 5.97 Å². The summed E-state index contributed by atoms with van der Waals surface area (Å²) in [5.41, 5.74) is 1.40. The number of ether oxygens (including phenoxy) is 1. The summed E-state index contributed by atoms with van der Waals surface area (Å²) in [6.07, 6.45) is 0.706. The number of anilines is 1. The number of aromatic nitrogens is 3. The van der Waals surface area contributed by atoms with Crippen molar-refractivity contribution in [3.63, 3.8) is 0 Å². The van der Waals surface area contributed by atoms with E-state index in [2.05, 4.69) is 15.5 Å². The van der Waals surface area contributed by atoms with E-state index in [1.165, 1.54) is 23.1 Å². The highest BCUT2D eigenvalue weighted by Gasteiger charge is 2.23. The van der Waals surface area contributed by atoms with E-state index in [9.17, 15) is 9.59 Å². The molecule has 1 N–H and O–H groups in total. The molecule has 0 aliphatic rings. The standard InChI is InChI=1S/C18H26N4O3S2/c1-7-12-11(5)27-16(14(12)17(24)25-8-2)19-13(23)9-26-18-21-20-15(10(3)4)22(18)6/h10H,7-9H2,1-6H3,(H,19,23). The van der Waals surface area contributed by atoms with Crippen molar-refractivity contribution >= 4 is 40.0 Å². The van der Waals surface area contributed by atoms with Gasteiger partial charge in [-0.15, -0.1) is 21.5 Å².